The fraction of sp³-hybridized carbons (Fsp3) is 0.250. The van der Waals surface area contributed by atoms with Gasteiger partial charge in [0.1, 0.15) is 5.60 Å². The molecule has 0 atom stereocenters. The number of ketones is 1. The van der Waals surface area contributed by atoms with Crippen LogP contribution in [0.1, 0.15) is 48.0 Å². The van der Waals surface area contributed by atoms with Gasteiger partial charge in [0.15, 0.2) is 0 Å². The quantitative estimate of drug-likeness (QED) is 0.570. The Hall–Kier alpha value is -3.34. The highest BCUT2D eigenvalue weighted by molar-refractivity contribution is 6.14. The topological polar surface area (TPSA) is 71.2 Å². The molecule has 5 heteroatoms. The Balaban J connectivity index is 1.57. The molecule has 1 aliphatic rings. The van der Waals surface area contributed by atoms with Crippen molar-refractivity contribution in [2.45, 2.75) is 39.7 Å². The summed E-state index contributed by atoms with van der Waals surface area (Å²) >= 11 is 0. The van der Waals surface area contributed by atoms with Crippen LogP contribution in [-0.4, -0.2) is 22.5 Å². The zero-order chi connectivity index (χ0) is 20.8. The van der Waals surface area contributed by atoms with E-state index >= 15 is 0 Å². The van der Waals surface area contributed by atoms with Crippen LogP contribution >= 0.6 is 0 Å². The standard InChI is InChI=1S/C24H24N2O3/c1-14-7-5-9-19-17(14)13-21(25-19)22(27)16-11-15-8-6-10-20(18(15)12-16)26-23(28)29-24(2,3)4/h5-11,13,25H,12H2,1-4H3,(H,26,28). The molecule has 5 nitrogen and oxygen atoms in total. The predicted octanol–water partition coefficient (Wildman–Crippen LogP) is 5.65. The highest BCUT2D eigenvalue weighted by Gasteiger charge is 2.25. The molecule has 0 saturated carbocycles. The number of hydrogen-bond donors (Lipinski definition) is 2. The summed E-state index contributed by atoms with van der Waals surface area (Å²) in [7, 11) is 0. The fourth-order valence-electron chi connectivity index (χ4n) is 3.64. The molecule has 3 aromatic rings. The average molecular weight is 388 g/mol. The van der Waals surface area contributed by atoms with E-state index in [1.54, 1.807) is 0 Å². The van der Waals surface area contributed by atoms with Crippen LogP contribution in [-0.2, 0) is 11.2 Å². The molecule has 4 rings (SSSR count). The van der Waals surface area contributed by atoms with Crippen molar-refractivity contribution in [1.29, 1.82) is 0 Å². The maximum absolute atomic E-state index is 13.1. The molecule has 29 heavy (non-hydrogen) atoms. The van der Waals surface area contributed by atoms with E-state index in [-0.39, 0.29) is 5.78 Å². The number of aryl methyl sites for hydroxylation is 1. The largest absolute Gasteiger partial charge is 0.444 e. The van der Waals surface area contributed by atoms with Crippen LogP contribution in [0.5, 0.6) is 0 Å². The molecule has 0 fully saturated rings. The minimum atomic E-state index is -0.574. The van der Waals surface area contributed by atoms with Gasteiger partial charge >= 0.3 is 6.09 Å². The lowest BCUT2D eigenvalue weighted by molar-refractivity contribution is 0.0635. The molecule has 0 saturated heterocycles. The number of hydrogen-bond acceptors (Lipinski definition) is 3. The highest BCUT2D eigenvalue weighted by Crippen LogP contribution is 2.33. The van der Waals surface area contributed by atoms with Crippen molar-refractivity contribution in [1.82, 2.24) is 4.98 Å². The number of ether oxygens (including phenoxy) is 1. The number of anilines is 1. The van der Waals surface area contributed by atoms with Crippen molar-refractivity contribution < 1.29 is 14.3 Å². The molecule has 0 radical (unpaired) electrons. The molecule has 1 amide bonds. The Bertz CT molecular complexity index is 1160. The zero-order valence-electron chi connectivity index (χ0n) is 17.1. The lowest BCUT2D eigenvalue weighted by atomic mass is 10.0. The van der Waals surface area contributed by atoms with Crippen LogP contribution in [0.4, 0.5) is 10.5 Å². The van der Waals surface area contributed by atoms with Crippen LogP contribution in [0.15, 0.2) is 48.0 Å². The molecule has 1 aromatic heterocycles. The van der Waals surface area contributed by atoms with E-state index in [0.29, 0.717) is 23.4 Å². The number of Topliss-reactive ketones (excluding diaryl/α,β-unsaturated/α-hetero) is 1. The van der Waals surface area contributed by atoms with E-state index in [2.05, 4.69) is 10.3 Å². The summed E-state index contributed by atoms with van der Waals surface area (Å²) in [6.07, 6.45) is 1.86. The van der Waals surface area contributed by atoms with Gasteiger partial charge in [0.25, 0.3) is 0 Å². The number of rotatable bonds is 3. The lowest BCUT2D eigenvalue weighted by Crippen LogP contribution is -2.27. The first-order valence-electron chi connectivity index (χ1n) is 9.67. The summed E-state index contributed by atoms with van der Waals surface area (Å²) in [6, 6.07) is 13.5. The molecule has 148 valence electrons. The Labute approximate surface area is 169 Å². The number of fused-ring (bicyclic) bond motifs is 2. The number of allylic oxidation sites excluding steroid dienone is 1. The number of benzene rings is 2. The van der Waals surface area contributed by atoms with Gasteiger partial charge in [-0.3, -0.25) is 10.1 Å². The Morgan fingerprint density at radius 2 is 1.86 bits per heavy atom. The van der Waals surface area contributed by atoms with E-state index in [0.717, 1.165) is 27.6 Å². The number of carbonyl (C=O) groups is 2. The van der Waals surface area contributed by atoms with E-state index in [1.807, 2.05) is 76.2 Å². The number of aromatic amines is 1. The number of nitrogens with one attached hydrogen (secondary N) is 2. The van der Waals surface area contributed by atoms with E-state index in [9.17, 15) is 9.59 Å². The Morgan fingerprint density at radius 1 is 1.10 bits per heavy atom. The summed E-state index contributed by atoms with van der Waals surface area (Å²) in [5.41, 5.74) is 5.32. The van der Waals surface area contributed by atoms with Gasteiger partial charge in [-0.25, -0.2) is 4.79 Å². The van der Waals surface area contributed by atoms with Crippen LogP contribution in [0.2, 0.25) is 0 Å². The smallest absolute Gasteiger partial charge is 0.412 e. The molecule has 0 spiro atoms. The van der Waals surface area contributed by atoms with Crippen molar-refractivity contribution in [2.24, 2.45) is 0 Å². The van der Waals surface area contributed by atoms with Gasteiger partial charge in [-0.2, -0.15) is 0 Å². The van der Waals surface area contributed by atoms with Crippen LogP contribution in [0, 0.1) is 6.92 Å². The van der Waals surface area contributed by atoms with Crippen LogP contribution in [0.25, 0.3) is 17.0 Å². The minimum absolute atomic E-state index is 0.0278. The second-order valence-corrected chi connectivity index (χ2v) is 8.39. The summed E-state index contributed by atoms with van der Waals surface area (Å²) in [5, 5.41) is 3.87. The first-order chi connectivity index (χ1) is 13.7. The van der Waals surface area contributed by atoms with E-state index in [1.165, 1.54) is 0 Å². The number of H-pyrrole nitrogens is 1. The van der Waals surface area contributed by atoms with Gasteiger partial charge in [0.05, 0.1) is 5.69 Å². The van der Waals surface area contributed by atoms with Gasteiger partial charge in [0, 0.05) is 28.6 Å². The average Bonchev–Trinajstić information content (AvgIpc) is 3.25. The molecule has 1 aliphatic carbocycles. The second-order valence-electron chi connectivity index (χ2n) is 8.39. The summed E-state index contributed by atoms with van der Waals surface area (Å²) < 4.78 is 5.35. The highest BCUT2D eigenvalue weighted by atomic mass is 16.6. The second kappa shape index (κ2) is 6.92. The van der Waals surface area contributed by atoms with Crippen molar-refractivity contribution in [2.75, 3.05) is 5.32 Å². The fourth-order valence-corrected chi connectivity index (χ4v) is 3.64. The first kappa shape index (κ1) is 19.0. The van der Waals surface area contributed by atoms with Crippen molar-refractivity contribution in [3.8, 4) is 0 Å². The van der Waals surface area contributed by atoms with Crippen LogP contribution < -0.4 is 5.32 Å². The monoisotopic (exact) mass is 388 g/mol. The van der Waals surface area contributed by atoms with Crippen LogP contribution in [0.3, 0.4) is 0 Å². The summed E-state index contributed by atoms with van der Waals surface area (Å²) in [6.45, 7) is 7.50. The maximum atomic E-state index is 13.1. The van der Waals surface area contributed by atoms with Crippen molar-refractivity contribution in [3.63, 3.8) is 0 Å². The third kappa shape index (κ3) is 3.81. The number of amides is 1. The van der Waals surface area contributed by atoms with Crippen molar-refractivity contribution >= 4 is 34.5 Å². The summed E-state index contributed by atoms with van der Waals surface area (Å²) in [4.78, 5) is 28.5. The van der Waals surface area contributed by atoms with E-state index in [4.69, 9.17) is 4.74 Å². The van der Waals surface area contributed by atoms with Gasteiger partial charge in [-0.15, -0.1) is 0 Å². The Kier molecular flexibility index (Phi) is 4.53. The third-order valence-corrected chi connectivity index (χ3v) is 4.96. The molecular weight excluding hydrogens is 364 g/mol. The van der Waals surface area contributed by atoms with Gasteiger partial charge in [0.2, 0.25) is 5.78 Å². The molecule has 0 bridgehead atoms. The normalized spacial score (nSPS) is 13.2. The zero-order valence-corrected chi connectivity index (χ0v) is 17.1. The third-order valence-electron chi connectivity index (χ3n) is 4.96. The minimum Gasteiger partial charge on any atom is -0.444 e. The molecular formula is C24H24N2O3. The predicted molar refractivity (Wildman–Crippen MR) is 115 cm³/mol. The number of aromatic nitrogens is 1. The molecule has 2 N–H and O–H groups in total. The van der Waals surface area contributed by atoms with Gasteiger partial charge in [-0.05, 0) is 68.7 Å². The Morgan fingerprint density at radius 3 is 2.59 bits per heavy atom. The van der Waals surface area contributed by atoms with Gasteiger partial charge < -0.3 is 9.72 Å². The summed E-state index contributed by atoms with van der Waals surface area (Å²) in [5.74, 6) is -0.0278. The first-order valence-corrected chi connectivity index (χ1v) is 9.67. The molecule has 0 unspecified atom stereocenters. The number of carbonyl (C=O) groups excluding carboxylic acids is 2. The molecule has 0 aliphatic heterocycles. The van der Waals surface area contributed by atoms with Gasteiger partial charge in [-0.1, -0.05) is 24.3 Å². The SMILES string of the molecule is Cc1cccc2[nH]c(C(=O)C3=Cc4cccc(NC(=O)OC(C)(C)C)c4C3)cc12. The van der Waals surface area contributed by atoms with Crippen molar-refractivity contribution in [3.05, 3.63) is 70.4 Å². The molecule has 1 heterocycles. The van der Waals surface area contributed by atoms with E-state index < -0.39 is 11.7 Å². The molecule has 2 aromatic carbocycles. The maximum Gasteiger partial charge on any atom is 0.412 e. The lowest BCUT2D eigenvalue weighted by Gasteiger charge is -2.20.